The first-order valence-electron chi connectivity index (χ1n) is 34.9. The number of halogens is 4. The predicted molar refractivity (Wildman–Crippen MR) is 464 cm³/mol. The minimum Gasteiger partial charge on any atom is -1.00 e. The molecule has 0 aliphatic rings. The number of thiophene rings is 5. The van der Waals surface area contributed by atoms with Crippen LogP contribution in [0.15, 0.2) is 119 Å². The number of hydrogen-bond donors (Lipinski definition) is 2. The molecule has 15 nitrogen and oxygen atoms in total. The van der Waals surface area contributed by atoms with Gasteiger partial charge in [0.1, 0.15) is 0 Å². The molecule has 0 radical (unpaired) electrons. The fourth-order valence-corrected chi connectivity index (χ4v) is 50.7. The van der Waals surface area contributed by atoms with Gasteiger partial charge in [-0.15, -0.1) is 45.3 Å². The van der Waals surface area contributed by atoms with Crippen LogP contribution in [0.5, 0.6) is 0 Å². The minimum absolute atomic E-state index is 0. The van der Waals surface area contributed by atoms with Gasteiger partial charge in [-0.05, 0) is 40.3 Å². The van der Waals surface area contributed by atoms with Gasteiger partial charge in [0.2, 0.25) is 0 Å². The second-order valence-corrected chi connectivity index (χ2v) is 61.6. The number of aromatic amines is 2. The smallest absolute Gasteiger partial charge is 1.00 e. The molecule has 0 aliphatic carbocycles. The third kappa shape index (κ3) is 24.7. The van der Waals surface area contributed by atoms with Crippen molar-refractivity contribution < 1.29 is 49.8 Å². The van der Waals surface area contributed by atoms with Gasteiger partial charge in [0, 0.05) is 83.5 Å². The number of nitrogens with zero attached hydrogens (tertiary/aromatic N) is 8. The number of rotatable bonds is 22. The Kier molecular flexibility index (Phi) is 44.1. The average Bonchev–Trinajstić information content (AvgIpc) is 1.60. The Morgan fingerprint density at radius 2 is 0.716 bits per heavy atom. The summed E-state index contributed by atoms with van der Waals surface area (Å²) in [5.74, 6) is 0. The summed E-state index contributed by atoms with van der Waals surface area (Å²) in [6.07, 6.45) is 18.4. The molecule has 12 rings (SSSR count). The molecule has 0 saturated heterocycles. The molecule has 2 N–H and O–H groups in total. The molecule has 28 heteroatoms. The summed E-state index contributed by atoms with van der Waals surface area (Å²) in [5, 5.41) is 14.1. The number of H-pyrrole nitrogens is 2. The second-order valence-electron chi connectivity index (χ2n) is 25.3. The van der Waals surface area contributed by atoms with Crippen LogP contribution in [-0.4, -0.2) is 87.1 Å². The number of aryl methyl sites for hydroxylation is 8. The Morgan fingerprint density at radius 3 is 1.05 bits per heavy atom. The summed E-state index contributed by atoms with van der Waals surface area (Å²) in [6, 6.07) is 16.3. The number of benzene rings is 2. The fourth-order valence-electron chi connectivity index (χ4n) is 12.1. The van der Waals surface area contributed by atoms with Crippen LogP contribution in [-0.2, 0) is 56.4 Å². The zero-order valence-corrected chi connectivity index (χ0v) is 81.6. The molecule has 0 spiro atoms. The monoisotopic (exact) mass is 1970 g/mol. The Morgan fingerprint density at radius 1 is 0.431 bits per heavy atom. The molecular weight excluding hydrogens is 1860 g/mol. The third-order valence-electron chi connectivity index (χ3n) is 18.1. The molecule has 0 amide bonds. The van der Waals surface area contributed by atoms with Crippen molar-refractivity contribution in [2.75, 3.05) is 4.93 Å². The zero-order chi connectivity index (χ0) is 74.0. The Labute approximate surface area is 702 Å². The molecule has 10 heterocycles. The van der Waals surface area contributed by atoms with Crippen molar-refractivity contribution in [3.8, 4) is 20.9 Å². The molecule has 102 heavy (non-hydrogen) atoms. The summed E-state index contributed by atoms with van der Waals surface area (Å²) in [6.45, 7) is 19.5. The van der Waals surface area contributed by atoms with E-state index in [0.29, 0.717) is 0 Å². The number of imidazole rings is 5. The second kappa shape index (κ2) is 47.5. The van der Waals surface area contributed by atoms with Crippen LogP contribution in [0, 0.1) is 6.92 Å². The Bertz CT molecular complexity index is 4500. The van der Waals surface area contributed by atoms with Crippen molar-refractivity contribution in [3.05, 3.63) is 154 Å². The number of aromatic nitrogens is 10. The number of alkyl halides is 1. The van der Waals surface area contributed by atoms with Crippen LogP contribution < -0.4 is 79.8 Å². The van der Waals surface area contributed by atoms with Crippen molar-refractivity contribution in [1.82, 2.24) is 46.5 Å². The van der Waals surface area contributed by atoms with E-state index >= 15 is 0 Å². The minimum atomic E-state index is -2.46. The average molecular weight is 1970 g/mol. The largest absolute Gasteiger partial charge is 1.00 e. The van der Waals surface area contributed by atoms with Crippen LogP contribution in [0.4, 0.5) is 0 Å². The summed E-state index contributed by atoms with van der Waals surface area (Å²) in [4.78, 5) is 68.1. The van der Waals surface area contributed by atoms with Crippen LogP contribution in [0.25, 0.3) is 76.0 Å². The molecule has 0 saturated carbocycles. The van der Waals surface area contributed by atoms with E-state index in [9.17, 15) is 24.0 Å². The van der Waals surface area contributed by atoms with Gasteiger partial charge in [-0.3, -0.25) is 27.4 Å². The van der Waals surface area contributed by atoms with Gasteiger partial charge in [-0.1, -0.05) is 92.1 Å². The van der Waals surface area contributed by atoms with E-state index < -0.39 is 35.6 Å². The van der Waals surface area contributed by atoms with E-state index in [2.05, 4.69) is 149 Å². The van der Waals surface area contributed by atoms with Crippen LogP contribution in [0.2, 0.25) is 26.6 Å². The van der Waals surface area contributed by atoms with Gasteiger partial charge < -0.3 is 18.3 Å². The molecule has 10 aromatic heterocycles. The van der Waals surface area contributed by atoms with Crippen molar-refractivity contribution in [2.24, 2.45) is 56.4 Å². The van der Waals surface area contributed by atoms with Crippen molar-refractivity contribution in [3.63, 3.8) is 0 Å². The summed E-state index contributed by atoms with van der Waals surface area (Å²) in [7, 11) is 21.6. The first kappa shape index (κ1) is 94.7. The molecule has 0 atom stereocenters. The standard InChI is InChI=1S/C20H18N4O2S2.C7H8N2OS.C7H7N2OS.C6H4Br2.C5H4N2OS.7C4H9.CH3I.ClH.Li.Na.2Sn.H/c1-21-13-9-27-17(15(13)23(3)19(21)25)11-5-7-12(8-6-11)18-16-14(10-28-18)22(2)20(26)24(16)4;2*1-8-5-3-11-4-6(5)9(2)7(8)10;7-5-1-2-6(8)4-3-5;8-5-6-3-1-9-2-4(3)7-5;7*1-3-4-2;1-2;;;;;;/h5-10H,1-4H3;3-4H,1-2H3;3H,1-2H3;1-4H;1-2H,(H2,6,7,8);7*1,3-4H2,2H3;1H3;1H;;;;;/q;;;;;;;;;;;-1;;;2*+1;;+1;-1/p-1. The molecule has 0 aliphatic heterocycles. The van der Waals surface area contributed by atoms with E-state index in [1.807, 2.05) is 110 Å². The van der Waals surface area contributed by atoms with Gasteiger partial charge >= 0.3 is 325 Å². The quantitative estimate of drug-likeness (QED) is 0.0299. The normalized spacial score (nSPS) is 11.0. The number of hydrogen-bond acceptors (Lipinski definition) is 10. The molecule has 12 aromatic rings. The van der Waals surface area contributed by atoms with E-state index in [1.54, 1.807) is 104 Å². The van der Waals surface area contributed by atoms with Gasteiger partial charge in [-0.25, -0.2) is 19.2 Å². The van der Waals surface area contributed by atoms with E-state index in [4.69, 9.17) is 8.92 Å². The molecule has 0 fully saturated rings. The van der Waals surface area contributed by atoms with Gasteiger partial charge in [-0.2, -0.15) is 6.42 Å². The van der Waals surface area contributed by atoms with Crippen LogP contribution in [0.3, 0.4) is 0 Å². The van der Waals surface area contributed by atoms with Gasteiger partial charge in [0.15, 0.2) is 0 Å². The van der Waals surface area contributed by atoms with Crippen LogP contribution >= 0.6 is 120 Å². The van der Waals surface area contributed by atoms with Gasteiger partial charge in [0.25, 0.3) is 0 Å². The number of nitrogens with one attached hydrogen (secondary N) is 2. The maximum absolute atomic E-state index is 12.4. The zero-order valence-electron chi connectivity index (χ0n) is 64.7. The molecule has 0 bridgehead atoms. The first-order valence-corrected chi connectivity index (χ1v) is 60.3. The number of fused-ring (bicyclic) bond motifs is 5. The maximum Gasteiger partial charge on any atom is 1.00 e. The van der Waals surface area contributed by atoms with Crippen molar-refractivity contribution >= 4 is 214 Å². The maximum atomic E-state index is 12.4. The van der Waals surface area contributed by atoms with E-state index in [-0.39, 0.29) is 78.3 Å². The Hall–Kier alpha value is -1.54. The van der Waals surface area contributed by atoms with Gasteiger partial charge in [0.05, 0.1) is 53.9 Å². The SMILES string of the molecule is Brc1ccc(Br)cc1.CCC[CH2][Sn]([CH2]CCC)([CH2]CCC)[c]1scc2c1n(C)c(=O)n2C.CCC[CH2][Sn]([Cl])([CH2]CCC)[CH2]CCC.CI.Cn1c(=O)n(C)c2c(-c3ccc(-c4scc5c4n(C)c(=O)n5C)cc3)scc21.Cn1c(=O)n(C)c2cscc21.O=c1[nH]c2cscc2[nH]1.[CH2-]CCC.[H-].[Li+].[Na+]. The molecule has 552 valence electrons. The molecule has 2 aromatic carbocycles. The Balaban J connectivity index is 0.000000433. The van der Waals surface area contributed by atoms with Crippen molar-refractivity contribution in [1.29, 1.82) is 0 Å². The predicted octanol–water partition coefficient (Wildman–Crippen LogP) is 16.0. The van der Waals surface area contributed by atoms with Crippen molar-refractivity contribution in [2.45, 2.75) is 165 Å². The topological polar surface area (TPSA) is 156 Å². The summed E-state index contributed by atoms with van der Waals surface area (Å²) in [5.41, 5.74) is 12.3. The summed E-state index contributed by atoms with van der Waals surface area (Å²) < 4.78 is 26.4. The number of unbranched alkanes of at least 4 members (excludes halogenated alkanes) is 7. The fraction of sp³-hybridized carbons (Fsp3) is 0.486. The molecule has 0 unspecified atom stereocenters. The third-order valence-corrected chi connectivity index (χ3v) is 56.5. The summed E-state index contributed by atoms with van der Waals surface area (Å²) >= 11 is 12.7. The van der Waals surface area contributed by atoms with E-state index in [0.717, 1.165) is 85.9 Å². The van der Waals surface area contributed by atoms with Crippen LogP contribution in [0.1, 0.15) is 140 Å². The van der Waals surface area contributed by atoms with E-state index in [1.165, 1.54) is 116 Å². The molecular formula is C74H108Br2ClILiN10NaO5S5Sn2. The first-order chi connectivity index (χ1) is 47.9.